The van der Waals surface area contributed by atoms with E-state index < -0.39 is 0 Å². The number of aldehydes is 1. The highest BCUT2D eigenvalue weighted by atomic mass is 16.5. The number of hydrogen-bond donors (Lipinski definition) is 3. The summed E-state index contributed by atoms with van der Waals surface area (Å²) in [6.07, 6.45) is 10.0. The molecule has 0 bridgehead atoms. The van der Waals surface area contributed by atoms with Gasteiger partial charge >= 0.3 is 0 Å². The van der Waals surface area contributed by atoms with E-state index in [4.69, 9.17) is 4.74 Å². The second-order valence-corrected chi connectivity index (χ2v) is 8.51. The minimum absolute atomic E-state index is 0.00798. The fraction of sp³-hybridized carbons (Fsp3) is 0.583. The first-order chi connectivity index (χ1) is 14.5. The van der Waals surface area contributed by atoms with Crippen molar-refractivity contribution in [1.29, 1.82) is 0 Å². The van der Waals surface area contributed by atoms with Crippen LogP contribution in [-0.4, -0.2) is 32.4 Å². The van der Waals surface area contributed by atoms with Crippen LogP contribution in [-0.2, 0) is 15.1 Å². The van der Waals surface area contributed by atoms with Gasteiger partial charge < -0.3 is 14.8 Å². The van der Waals surface area contributed by atoms with E-state index in [1.165, 1.54) is 18.4 Å². The van der Waals surface area contributed by atoms with Crippen molar-refractivity contribution in [3.05, 3.63) is 42.0 Å². The van der Waals surface area contributed by atoms with Crippen molar-refractivity contribution in [3.8, 4) is 5.75 Å². The molecule has 1 aliphatic carbocycles. The van der Waals surface area contributed by atoms with Crippen LogP contribution in [0.3, 0.4) is 0 Å². The molecule has 0 radical (unpaired) electrons. The molecule has 1 fully saturated rings. The molecule has 0 heterocycles. The van der Waals surface area contributed by atoms with E-state index >= 15 is 0 Å². The summed E-state index contributed by atoms with van der Waals surface area (Å²) in [5.41, 5.74) is 7.62. The molecule has 1 unspecified atom stereocenters. The van der Waals surface area contributed by atoms with Crippen molar-refractivity contribution in [1.82, 2.24) is 16.2 Å². The van der Waals surface area contributed by atoms with E-state index in [1.807, 2.05) is 18.2 Å². The maximum atomic E-state index is 11.8. The summed E-state index contributed by atoms with van der Waals surface area (Å²) in [4.78, 5) is 22.4. The molecule has 1 aliphatic rings. The van der Waals surface area contributed by atoms with E-state index in [0.29, 0.717) is 19.3 Å². The lowest BCUT2D eigenvalue weighted by atomic mass is 9.95. The standard InChI is InChI=1S/C24H37N3O3/c1-24(2,21-11-7-12-22(17-21)30-18-19-13-14-19)27-26-15-6-4-5-9-20(10-8-16-28)23(29)25-3/h4-5,7,11-12,16-17,19-20,26-27H,6,8-10,13-15,18H2,1-3H3,(H,25,29)/b5-4+. The summed E-state index contributed by atoms with van der Waals surface area (Å²) in [7, 11) is 1.63. The van der Waals surface area contributed by atoms with Gasteiger partial charge in [0.1, 0.15) is 12.0 Å². The number of amides is 1. The third kappa shape index (κ3) is 8.67. The Balaban J connectivity index is 1.70. The van der Waals surface area contributed by atoms with Crippen molar-refractivity contribution < 1.29 is 14.3 Å². The lowest BCUT2D eigenvalue weighted by Gasteiger charge is -2.27. The van der Waals surface area contributed by atoms with Gasteiger partial charge in [-0.05, 0) is 69.6 Å². The Morgan fingerprint density at radius 3 is 2.77 bits per heavy atom. The second-order valence-electron chi connectivity index (χ2n) is 8.51. The zero-order valence-corrected chi connectivity index (χ0v) is 18.6. The van der Waals surface area contributed by atoms with Gasteiger partial charge in [0.15, 0.2) is 0 Å². The third-order valence-electron chi connectivity index (χ3n) is 5.41. The zero-order chi connectivity index (χ0) is 21.8. The Kier molecular flexibility index (Phi) is 10.0. The average molecular weight is 416 g/mol. The highest BCUT2D eigenvalue weighted by Crippen LogP contribution is 2.30. The minimum Gasteiger partial charge on any atom is -0.493 e. The smallest absolute Gasteiger partial charge is 0.223 e. The van der Waals surface area contributed by atoms with Gasteiger partial charge in [0.2, 0.25) is 5.91 Å². The maximum Gasteiger partial charge on any atom is 0.223 e. The first-order valence-corrected chi connectivity index (χ1v) is 11.0. The van der Waals surface area contributed by atoms with Crippen molar-refractivity contribution in [3.63, 3.8) is 0 Å². The predicted molar refractivity (Wildman–Crippen MR) is 120 cm³/mol. The van der Waals surface area contributed by atoms with Crippen molar-refractivity contribution >= 4 is 12.2 Å². The molecular formula is C24H37N3O3. The molecule has 0 spiro atoms. The van der Waals surface area contributed by atoms with Gasteiger partial charge in [0, 0.05) is 25.9 Å². The van der Waals surface area contributed by atoms with Gasteiger partial charge in [-0.2, -0.15) is 0 Å². The lowest BCUT2D eigenvalue weighted by Crippen LogP contribution is -2.46. The Morgan fingerprint density at radius 2 is 2.07 bits per heavy atom. The molecule has 1 aromatic rings. The van der Waals surface area contributed by atoms with Crippen LogP contribution in [0.1, 0.15) is 57.9 Å². The first kappa shape index (κ1) is 24.1. The monoisotopic (exact) mass is 415 g/mol. The van der Waals surface area contributed by atoms with Crippen LogP contribution in [0.4, 0.5) is 0 Å². The average Bonchev–Trinajstić information content (AvgIpc) is 3.58. The van der Waals surface area contributed by atoms with E-state index in [1.54, 1.807) is 7.05 Å². The van der Waals surface area contributed by atoms with Crippen molar-refractivity contribution in [2.45, 2.75) is 57.9 Å². The van der Waals surface area contributed by atoms with Crippen LogP contribution < -0.4 is 20.9 Å². The van der Waals surface area contributed by atoms with Crippen molar-refractivity contribution in [2.24, 2.45) is 11.8 Å². The molecule has 30 heavy (non-hydrogen) atoms. The number of ether oxygens (including phenoxy) is 1. The highest BCUT2D eigenvalue weighted by molar-refractivity contribution is 5.78. The number of carbonyl (C=O) groups excluding carboxylic acids is 2. The Bertz CT molecular complexity index is 699. The van der Waals surface area contributed by atoms with Crippen LogP contribution in [0.5, 0.6) is 5.75 Å². The van der Waals surface area contributed by atoms with Crippen LogP contribution in [0.25, 0.3) is 0 Å². The summed E-state index contributed by atoms with van der Waals surface area (Å²) >= 11 is 0. The first-order valence-electron chi connectivity index (χ1n) is 11.0. The SMILES string of the molecule is CNC(=O)C(C/C=C/CCNNC(C)(C)c1cccc(OCC2CC2)c1)CCC=O. The number of nitrogens with one attached hydrogen (secondary N) is 3. The predicted octanol–water partition coefficient (Wildman–Crippen LogP) is 3.48. The van der Waals surface area contributed by atoms with E-state index in [2.05, 4.69) is 48.2 Å². The molecule has 1 amide bonds. The van der Waals surface area contributed by atoms with Crippen LogP contribution in [0.15, 0.2) is 36.4 Å². The quantitative estimate of drug-likeness (QED) is 0.177. The molecule has 0 saturated heterocycles. The molecule has 2 rings (SSSR count). The third-order valence-corrected chi connectivity index (χ3v) is 5.41. The number of benzene rings is 1. The Hall–Kier alpha value is -2.18. The molecular weight excluding hydrogens is 378 g/mol. The summed E-state index contributed by atoms with van der Waals surface area (Å²) < 4.78 is 5.90. The zero-order valence-electron chi connectivity index (χ0n) is 18.6. The fourth-order valence-electron chi connectivity index (χ4n) is 3.19. The molecule has 1 atom stereocenters. The topological polar surface area (TPSA) is 79.5 Å². The van der Waals surface area contributed by atoms with Gasteiger partial charge in [0.25, 0.3) is 0 Å². The highest BCUT2D eigenvalue weighted by Gasteiger charge is 2.23. The summed E-state index contributed by atoms with van der Waals surface area (Å²) in [5.74, 6) is 1.52. The minimum atomic E-state index is -0.234. The molecule has 6 heteroatoms. The molecule has 3 N–H and O–H groups in total. The summed E-state index contributed by atoms with van der Waals surface area (Å²) in [6, 6.07) is 8.27. The Labute approximate surface area is 180 Å². The van der Waals surface area contributed by atoms with Gasteiger partial charge in [-0.25, -0.2) is 5.43 Å². The van der Waals surface area contributed by atoms with Gasteiger partial charge in [-0.15, -0.1) is 0 Å². The number of allylic oxidation sites excluding steroid dienone is 1. The van der Waals surface area contributed by atoms with E-state index in [9.17, 15) is 9.59 Å². The molecule has 1 saturated carbocycles. The van der Waals surface area contributed by atoms with Crippen molar-refractivity contribution in [2.75, 3.05) is 20.2 Å². The largest absolute Gasteiger partial charge is 0.493 e. The normalized spacial score (nSPS) is 15.2. The van der Waals surface area contributed by atoms with Crippen LogP contribution in [0, 0.1) is 11.8 Å². The number of carbonyl (C=O) groups is 2. The summed E-state index contributed by atoms with van der Waals surface area (Å²) in [6.45, 7) is 5.86. The number of hydrazine groups is 1. The lowest BCUT2D eigenvalue weighted by molar-refractivity contribution is -0.124. The molecule has 0 aromatic heterocycles. The Morgan fingerprint density at radius 1 is 1.27 bits per heavy atom. The number of rotatable bonds is 15. The van der Waals surface area contributed by atoms with E-state index in [-0.39, 0.29) is 17.4 Å². The van der Waals surface area contributed by atoms with E-state index in [0.717, 1.165) is 37.5 Å². The van der Waals surface area contributed by atoms with Gasteiger partial charge in [0.05, 0.1) is 12.1 Å². The van der Waals surface area contributed by atoms with Gasteiger partial charge in [-0.1, -0.05) is 24.3 Å². The molecule has 166 valence electrons. The summed E-state index contributed by atoms with van der Waals surface area (Å²) in [5, 5.41) is 2.67. The van der Waals surface area contributed by atoms with Gasteiger partial charge in [-0.3, -0.25) is 10.2 Å². The molecule has 1 aromatic carbocycles. The van der Waals surface area contributed by atoms with Crippen LogP contribution >= 0.6 is 0 Å². The number of hydrogen-bond acceptors (Lipinski definition) is 5. The maximum absolute atomic E-state index is 11.8. The fourth-order valence-corrected chi connectivity index (χ4v) is 3.19. The van der Waals surface area contributed by atoms with Crippen LogP contribution in [0.2, 0.25) is 0 Å². The molecule has 0 aliphatic heterocycles. The second kappa shape index (κ2) is 12.5. The molecule has 6 nitrogen and oxygen atoms in total.